The van der Waals surface area contributed by atoms with E-state index in [4.69, 9.17) is 0 Å². The maximum Gasteiger partial charge on any atom is 0.331 e. The molecule has 92 valence electrons. The lowest BCUT2D eigenvalue weighted by Gasteiger charge is -2.25. The van der Waals surface area contributed by atoms with Gasteiger partial charge in [-0.25, -0.2) is 4.79 Å². The van der Waals surface area contributed by atoms with Crippen LogP contribution in [0, 0.1) is 0 Å². The Morgan fingerprint density at radius 1 is 1.41 bits per heavy atom. The summed E-state index contributed by atoms with van der Waals surface area (Å²) < 4.78 is 0. The summed E-state index contributed by atoms with van der Waals surface area (Å²) in [6.07, 6.45) is 1.33. The van der Waals surface area contributed by atoms with Crippen LogP contribution >= 0.6 is 0 Å². The molecule has 0 spiro atoms. The number of carbonyl (C=O) groups excluding carboxylic acids is 1. The first-order chi connectivity index (χ1) is 8.15. The van der Waals surface area contributed by atoms with Crippen molar-refractivity contribution in [2.24, 2.45) is 0 Å². The Morgan fingerprint density at radius 2 is 2.06 bits per heavy atom. The number of amides is 1. The summed E-state index contributed by atoms with van der Waals surface area (Å²) in [6, 6.07) is 6.43. The third-order valence-electron chi connectivity index (χ3n) is 2.80. The second kappa shape index (κ2) is 6.03. The minimum Gasteiger partial charge on any atom is -0.479 e. The van der Waals surface area contributed by atoms with Crippen LogP contribution < -0.4 is 0 Å². The highest BCUT2D eigenvalue weighted by Gasteiger charge is 2.26. The minimum absolute atomic E-state index is 0.374. The van der Waals surface area contributed by atoms with E-state index in [1.807, 2.05) is 19.1 Å². The number of carboxylic acids is 1. The van der Waals surface area contributed by atoms with Gasteiger partial charge in [-0.05, 0) is 24.5 Å². The van der Waals surface area contributed by atoms with Crippen LogP contribution in [0.2, 0.25) is 0 Å². The fourth-order valence-electron chi connectivity index (χ4n) is 1.89. The van der Waals surface area contributed by atoms with E-state index >= 15 is 0 Å². The van der Waals surface area contributed by atoms with Gasteiger partial charge in [0.05, 0.1) is 0 Å². The van der Waals surface area contributed by atoms with Crippen LogP contribution in [0.15, 0.2) is 24.3 Å². The summed E-state index contributed by atoms with van der Waals surface area (Å²) in [5.41, 5.74) is 1.65. The van der Waals surface area contributed by atoms with Crippen LogP contribution in [0.5, 0.6) is 0 Å². The molecular weight excluding hydrogens is 218 g/mol. The Balaban J connectivity index is 3.22. The maximum absolute atomic E-state index is 11.3. The molecule has 1 N–H and O–H groups in total. The van der Waals surface area contributed by atoms with Crippen molar-refractivity contribution in [2.75, 3.05) is 6.54 Å². The monoisotopic (exact) mass is 235 g/mol. The van der Waals surface area contributed by atoms with Crippen molar-refractivity contribution in [1.82, 2.24) is 4.90 Å². The SMILES string of the molecule is CCc1ccccc1C(C(=O)O)N(C=O)CC. The van der Waals surface area contributed by atoms with Gasteiger partial charge in [0.25, 0.3) is 0 Å². The Hall–Kier alpha value is -1.84. The molecule has 0 radical (unpaired) electrons. The van der Waals surface area contributed by atoms with Crippen molar-refractivity contribution < 1.29 is 14.7 Å². The topological polar surface area (TPSA) is 57.6 Å². The summed E-state index contributed by atoms with van der Waals surface area (Å²) in [7, 11) is 0. The molecule has 1 atom stereocenters. The summed E-state index contributed by atoms with van der Waals surface area (Å²) >= 11 is 0. The Labute approximate surface area is 101 Å². The van der Waals surface area contributed by atoms with E-state index in [2.05, 4.69) is 0 Å². The van der Waals surface area contributed by atoms with E-state index in [-0.39, 0.29) is 0 Å². The van der Waals surface area contributed by atoms with Crippen LogP contribution in [0.25, 0.3) is 0 Å². The van der Waals surface area contributed by atoms with Gasteiger partial charge in [0.2, 0.25) is 6.41 Å². The van der Waals surface area contributed by atoms with Crippen LogP contribution in [0.1, 0.15) is 31.0 Å². The lowest BCUT2D eigenvalue weighted by molar-refractivity contribution is -0.146. The molecule has 0 aromatic heterocycles. The third kappa shape index (κ3) is 2.84. The van der Waals surface area contributed by atoms with Gasteiger partial charge in [0, 0.05) is 6.54 Å². The normalized spacial score (nSPS) is 11.9. The maximum atomic E-state index is 11.3. The first kappa shape index (κ1) is 13.2. The number of benzene rings is 1. The molecule has 1 unspecified atom stereocenters. The molecule has 1 aromatic carbocycles. The molecule has 0 aliphatic carbocycles. The van der Waals surface area contributed by atoms with Gasteiger partial charge in [0.1, 0.15) is 0 Å². The lowest BCUT2D eigenvalue weighted by atomic mass is 9.97. The standard InChI is InChI=1S/C13H17NO3/c1-3-10-7-5-6-8-11(10)12(13(16)17)14(4-2)9-15/h5-9,12H,3-4H2,1-2H3,(H,16,17). The molecule has 0 heterocycles. The third-order valence-corrected chi connectivity index (χ3v) is 2.80. The molecule has 4 heteroatoms. The molecule has 0 fully saturated rings. The van der Waals surface area contributed by atoms with Crippen molar-refractivity contribution in [3.8, 4) is 0 Å². The second-order valence-electron chi connectivity index (χ2n) is 3.73. The fourth-order valence-corrected chi connectivity index (χ4v) is 1.89. The van der Waals surface area contributed by atoms with Crippen LogP contribution in [0.4, 0.5) is 0 Å². The summed E-state index contributed by atoms with van der Waals surface area (Å²) in [6.45, 7) is 4.10. The van der Waals surface area contributed by atoms with E-state index in [0.717, 1.165) is 12.0 Å². The van der Waals surface area contributed by atoms with E-state index in [1.54, 1.807) is 19.1 Å². The molecule has 1 rings (SSSR count). The molecule has 0 aliphatic heterocycles. The molecule has 0 saturated heterocycles. The number of carbonyl (C=O) groups is 2. The Kier molecular flexibility index (Phi) is 4.69. The van der Waals surface area contributed by atoms with Crippen molar-refractivity contribution >= 4 is 12.4 Å². The number of hydrogen-bond donors (Lipinski definition) is 1. The number of likely N-dealkylation sites (N-methyl/N-ethyl adjacent to an activating group) is 1. The molecule has 4 nitrogen and oxygen atoms in total. The van der Waals surface area contributed by atoms with Crippen molar-refractivity contribution in [2.45, 2.75) is 26.3 Å². The van der Waals surface area contributed by atoms with E-state index < -0.39 is 12.0 Å². The number of hydrogen-bond acceptors (Lipinski definition) is 2. The largest absolute Gasteiger partial charge is 0.479 e. The summed E-state index contributed by atoms with van der Waals surface area (Å²) in [4.78, 5) is 23.5. The molecule has 0 aliphatic rings. The Bertz CT molecular complexity index is 403. The molecule has 17 heavy (non-hydrogen) atoms. The second-order valence-corrected chi connectivity index (χ2v) is 3.73. The zero-order chi connectivity index (χ0) is 12.8. The lowest BCUT2D eigenvalue weighted by Crippen LogP contribution is -2.33. The van der Waals surface area contributed by atoms with Gasteiger partial charge < -0.3 is 10.0 Å². The van der Waals surface area contributed by atoms with Gasteiger partial charge in [0.15, 0.2) is 6.04 Å². The number of nitrogens with zero attached hydrogens (tertiary/aromatic N) is 1. The predicted octanol–water partition coefficient (Wildman–Crippen LogP) is 1.85. The summed E-state index contributed by atoms with van der Waals surface area (Å²) in [5.74, 6) is -1.00. The van der Waals surface area contributed by atoms with Gasteiger partial charge >= 0.3 is 5.97 Å². The van der Waals surface area contributed by atoms with Gasteiger partial charge in [-0.2, -0.15) is 0 Å². The van der Waals surface area contributed by atoms with Gasteiger partial charge in [-0.3, -0.25) is 4.79 Å². The molecule has 1 amide bonds. The fraction of sp³-hybridized carbons (Fsp3) is 0.385. The predicted molar refractivity (Wildman–Crippen MR) is 64.6 cm³/mol. The molecular formula is C13H17NO3. The number of aliphatic carboxylic acids is 1. The zero-order valence-electron chi connectivity index (χ0n) is 10.1. The van der Waals surface area contributed by atoms with E-state index in [9.17, 15) is 14.7 Å². The number of aryl methyl sites for hydroxylation is 1. The van der Waals surface area contributed by atoms with Crippen LogP contribution in [0.3, 0.4) is 0 Å². The zero-order valence-corrected chi connectivity index (χ0v) is 10.1. The highest BCUT2D eigenvalue weighted by molar-refractivity contribution is 5.78. The molecule has 0 saturated carbocycles. The Morgan fingerprint density at radius 3 is 2.53 bits per heavy atom. The summed E-state index contributed by atoms with van der Waals surface area (Å²) in [5, 5.41) is 9.28. The van der Waals surface area contributed by atoms with Crippen molar-refractivity contribution in [3.05, 3.63) is 35.4 Å². The molecule has 0 bridgehead atoms. The minimum atomic E-state index is -1.00. The average molecular weight is 235 g/mol. The van der Waals surface area contributed by atoms with Crippen molar-refractivity contribution in [3.63, 3.8) is 0 Å². The molecule has 1 aromatic rings. The number of rotatable bonds is 6. The van der Waals surface area contributed by atoms with Crippen LogP contribution in [-0.4, -0.2) is 28.9 Å². The first-order valence-corrected chi connectivity index (χ1v) is 5.67. The average Bonchev–Trinajstić information content (AvgIpc) is 2.35. The highest BCUT2D eigenvalue weighted by Crippen LogP contribution is 2.23. The van der Waals surface area contributed by atoms with Crippen molar-refractivity contribution in [1.29, 1.82) is 0 Å². The smallest absolute Gasteiger partial charge is 0.331 e. The van der Waals surface area contributed by atoms with Gasteiger partial charge in [-0.1, -0.05) is 31.2 Å². The van der Waals surface area contributed by atoms with Gasteiger partial charge in [-0.15, -0.1) is 0 Å². The van der Waals surface area contributed by atoms with E-state index in [0.29, 0.717) is 18.5 Å². The van der Waals surface area contributed by atoms with E-state index in [1.165, 1.54) is 4.90 Å². The first-order valence-electron chi connectivity index (χ1n) is 5.67. The van der Waals surface area contributed by atoms with Crippen LogP contribution in [-0.2, 0) is 16.0 Å². The number of carboxylic acid groups (broad SMARTS) is 1. The highest BCUT2D eigenvalue weighted by atomic mass is 16.4. The quantitative estimate of drug-likeness (QED) is 0.765.